The summed E-state index contributed by atoms with van der Waals surface area (Å²) in [4.78, 5) is 66.7. The zero-order valence-corrected chi connectivity index (χ0v) is 23.1. The van der Waals surface area contributed by atoms with E-state index in [0.29, 0.717) is 17.7 Å². The van der Waals surface area contributed by atoms with Crippen molar-refractivity contribution in [1.82, 2.24) is 5.32 Å². The molecule has 0 aliphatic heterocycles. The van der Waals surface area contributed by atoms with Crippen LogP contribution in [0, 0.1) is 40.9 Å². The van der Waals surface area contributed by atoms with Crippen LogP contribution in [-0.2, 0) is 25.7 Å². The van der Waals surface area contributed by atoms with Gasteiger partial charge in [-0.25, -0.2) is 0 Å². The fourth-order valence-corrected chi connectivity index (χ4v) is 6.99. The van der Waals surface area contributed by atoms with E-state index in [-0.39, 0.29) is 23.3 Å². The number of aliphatic hydroxyl groups is 2. The van der Waals surface area contributed by atoms with Crippen LogP contribution in [-0.4, -0.2) is 62.6 Å². The third-order valence-corrected chi connectivity index (χ3v) is 8.79. The summed E-state index contributed by atoms with van der Waals surface area (Å²) in [6.45, 7) is 12.0. The van der Waals surface area contributed by atoms with E-state index in [1.54, 1.807) is 32.9 Å². The van der Waals surface area contributed by atoms with Gasteiger partial charge in [-0.1, -0.05) is 53.7 Å². The van der Waals surface area contributed by atoms with Crippen molar-refractivity contribution >= 4 is 29.0 Å². The summed E-state index contributed by atoms with van der Waals surface area (Å²) < 4.78 is 0. The number of primary amides is 1. The van der Waals surface area contributed by atoms with Crippen LogP contribution < -0.4 is 11.1 Å². The van der Waals surface area contributed by atoms with Gasteiger partial charge in [0.05, 0.1) is 17.6 Å². The monoisotopic (exact) mass is 542 g/mol. The van der Waals surface area contributed by atoms with E-state index in [1.165, 1.54) is 0 Å². The third-order valence-electron chi connectivity index (χ3n) is 8.79. The highest BCUT2D eigenvalue weighted by Gasteiger charge is 2.72. The molecule has 1 aromatic carbocycles. The maximum atomic E-state index is 14.0. The molecular weight excluding hydrogens is 504 g/mol. The molecule has 0 spiro atoms. The molecule has 0 saturated heterocycles. The number of aliphatic hydroxyl groups excluding tert-OH is 1. The van der Waals surface area contributed by atoms with Crippen molar-refractivity contribution in [2.75, 3.05) is 6.54 Å². The predicted molar refractivity (Wildman–Crippen MR) is 139 cm³/mol. The van der Waals surface area contributed by atoms with E-state index >= 15 is 0 Å². The zero-order chi connectivity index (χ0) is 29.4. The van der Waals surface area contributed by atoms with Gasteiger partial charge in [0.25, 0.3) is 0 Å². The molecule has 1 aromatic rings. The summed E-state index contributed by atoms with van der Waals surface area (Å²) in [6, 6.07) is 3.36. The number of phenolic OH excluding ortho intramolecular Hbond substituents is 1. The van der Waals surface area contributed by atoms with Gasteiger partial charge in [-0.3, -0.25) is 24.0 Å². The van der Waals surface area contributed by atoms with Gasteiger partial charge in [-0.15, -0.1) is 0 Å². The summed E-state index contributed by atoms with van der Waals surface area (Å²) >= 11 is 0. The van der Waals surface area contributed by atoms with Crippen molar-refractivity contribution in [3.05, 3.63) is 28.8 Å². The molecule has 3 aliphatic carbocycles. The number of nitrogens with two attached hydrogens (primary N) is 1. The Morgan fingerprint density at radius 1 is 1.13 bits per heavy atom. The molecule has 0 bridgehead atoms. The minimum Gasteiger partial charge on any atom is -0.507 e. The minimum absolute atomic E-state index is 0.0252. The quantitative estimate of drug-likeness (QED) is 0.337. The molecule has 2 unspecified atom stereocenters. The first-order valence-electron chi connectivity index (χ1n) is 13.4. The molecule has 0 aromatic heterocycles. The lowest BCUT2D eigenvalue weighted by Gasteiger charge is -2.55. The van der Waals surface area contributed by atoms with Crippen molar-refractivity contribution < 1.29 is 39.3 Å². The first-order chi connectivity index (χ1) is 18.0. The van der Waals surface area contributed by atoms with Crippen LogP contribution in [0.3, 0.4) is 0 Å². The SMILES string of the molecule is CC(C)[C@@H]1C(=O)C(C(N)=O)C(=O)[C@@]2(O)C(=O)C3C(=O)c4c(ccc(CNCC(C)(C)C)c4O)[C@H](C)[C@H]3[C@H](O)[C@@H]12. The molecule has 1 amide bonds. The van der Waals surface area contributed by atoms with Crippen molar-refractivity contribution in [1.29, 1.82) is 0 Å². The van der Waals surface area contributed by atoms with Gasteiger partial charge in [-0.2, -0.15) is 0 Å². The van der Waals surface area contributed by atoms with Gasteiger partial charge in [0.2, 0.25) is 5.91 Å². The van der Waals surface area contributed by atoms with Crippen LogP contribution in [0.1, 0.15) is 68.9 Å². The van der Waals surface area contributed by atoms with Gasteiger partial charge in [0.1, 0.15) is 5.75 Å². The highest BCUT2D eigenvalue weighted by molar-refractivity contribution is 6.32. The number of hydrogen-bond acceptors (Lipinski definition) is 9. The first kappa shape index (κ1) is 29.0. The van der Waals surface area contributed by atoms with Crippen LogP contribution in [0.25, 0.3) is 0 Å². The molecule has 212 valence electrons. The Morgan fingerprint density at radius 2 is 1.74 bits per heavy atom. The molecule has 10 heteroatoms. The number of Topliss-reactive ketones (excluding diaryl/α,β-unsaturated/α-hetero) is 4. The average molecular weight is 543 g/mol. The molecule has 4 rings (SSSR count). The second-order valence-electron chi connectivity index (χ2n) is 12.9. The van der Waals surface area contributed by atoms with Crippen LogP contribution in [0.2, 0.25) is 0 Å². The molecular formula is C29H38N2O8. The lowest BCUT2D eigenvalue weighted by Crippen LogP contribution is -2.75. The van der Waals surface area contributed by atoms with Crippen LogP contribution in [0.4, 0.5) is 0 Å². The number of hydrogen-bond donors (Lipinski definition) is 5. The molecule has 10 nitrogen and oxygen atoms in total. The number of carbonyl (C=O) groups is 5. The number of phenols is 1. The van der Waals surface area contributed by atoms with E-state index in [4.69, 9.17) is 5.73 Å². The number of rotatable bonds is 5. The standard InChI is InChI=1S/C29H38N2O8/c1-11(2)15-20-24(35)16-12(3)14-8-7-13(9-31-10-28(4,5)6)21(32)17(14)23(34)18(16)25(36)29(20,39)26(37)19(22(15)33)27(30)38/h7-8,11-12,15-16,18-20,24,31-32,35,39H,9-10H2,1-6H3,(H2,30,38)/t12-,15-,16+,18?,19?,20+,24-,29-/m0/s1. The largest absolute Gasteiger partial charge is 0.507 e. The van der Waals surface area contributed by atoms with Crippen molar-refractivity contribution in [3.8, 4) is 5.75 Å². The molecule has 2 fully saturated rings. The first-order valence-corrected chi connectivity index (χ1v) is 13.4. The van der Waals surface area contributed by atoms with Crippen molar-refractivity contribution in [2.45, 2.75) is 65.7 Å². The number of nitrogens with one attached hydrogen (secondary N) is 1. The number of amides is 1. The Balaban J connectivity index is 1.83. The van der Waals surface area contributed by atoms with E-state index in [1.807, 2.05) is 20.8 Å². The van der Waals surface area contributed by atoms with Gasteiger partial charge in [0.15, 0.2) is 34.7 Å². The normalized spacial score (nSPS) is 34.5. The van der Waals surface area contributed by atoms with Crippen LogP contribution in [0.15, 0.2) is 12.1 Å². The summed E-state index contributed by atoms with van der Waals surface area (Å²) in [7, 11) is 0. The molecule has 2 saturated carbocycles. The summed E-state index contributed by atoms with van der Waals surface area (Å²) in [5.41, 5.74) is 3.14. The summed E-state index contributed by atoms with van der Waals surface area (Å²) in [5.74, 6) is -14.6. The Labute approximate surface area is 227 Å². The predicted octanol–water partition coefficient (Wildman–Crippen LogP) is 0.877. The topological polar surface area (TPSA) is 184 Å². The Morgan fingerprint density at radius 3 is 2.28 bits per heavy atom. The van der Waals surface area contributed by atoms with Crippen LogP contribution >= 0.6 is 0 Å². The highest BCUT2D eigenvalue weighted by atomic mass is 16.3. The maximum absolute atomic E-state index is 14.0. The summed E-state index contributed by atoms with van der Waals surface area (Å²) in [5, 5.41) is 37.7. The molecule has 0 heterocycles. The highest BCUT2D eigenvalue weighted by Crippen LogP contribution is 2.56. The fourth-order valence-electron chi connectivity index (χ4n) is 6.99. The molecule has 6 N–H and O–H groups in total. The Kier molecular flexibility index (Phi) is 7.15. The number of benzene rings is 1. The van der Waals surface area contributed by atoms with Crippen LogP contribution in [0.5, 0.6) is 5.75 Å². The fraction of sp³-hybridized carbons (Fsp3) is 0.621. The smallest absolute Gasteiger partial charge is 0.235 e. The summed E-state index contributed by atoms with van der Waals surface area (Å²) in [6.07, 6.45) is -1.60. The maximum Gasteiger partial charge on any atom is 0.235 e. The number of carbonyl (C=O) groups excluding carboxylic acids is 5. The zero-order valence-electron chi connectivity index (χ0n) is 23.1. The van der Waals surface area contributed by atoms with E-state index < -0.39 is 82.2 Å². The number of ketones is 4. The van der Waals surface area contributed by atoms with Crippen molar-refractivity contribution in [3.63, 3.8) is 0 Å². The van der Waals surface area contributed by atoms with Crippen molar-refractivity contribution in [2.24, 2.45) is 46.7 Å². The lowest BCUT2D eigenvalue weighted by molar-refractivity contribution is -0.198. The Bertz CT molecular complexity index is 1260. The lowest BCUT2D eigenvalue weighted by atomic mass is 9.47. The number of aromatic hydroxyl groups is 1. The van der Waals surface area contributed by atoms with Gasteiger partial charge in [-0.05, 0) is 22.8 Å². The second-order valence-corrected chi connectivity index (χ2v) is 12.9. The molecule has 3 aliphatic rings. The van der Waals surface area contributed by atoms with Gasteiger partial charge >= 0.3 is 0 Å². The molecule has 8 atom stereocenters. The van der Waals surface area contributed by atoms with Gasteiger partial charge < -0.3 is 26.4 Å². The molecule has 0 radical (unpaired) electrons. The number of fused-ring (bicyclic) bond motifs is 3. The van der Waals surface area contributed by atoms with Gasteiger partial charge in [0, 0.05) is 36.4 Å². The molecule has 39 heavy (non-hydrogen) atoms. The second kappa shape index (κ2) is 9.60. The van der Waals surface area contributed by atoms with E-state index in [9.17, 15) is 39.3 Å². The Hall–Kier alpha value is -2.95. The third kappa shape index (κ3) is 4.24. The van der Waals surface area contributed by atoms with E-state index in [0.717, 1.165) is 0 Å². The van der Waals surface area contributed by atoms with E-state index in [2.05, 4.69) is 5.32 Å². The average Bonchev–Trinajstić information content (AvgIpc) is 2.81. The minimum atomic E-state index is -2.96.